The Morgan fingerprint density at radius 3 is 2.68 bits per heavy atom. The fourth-order valence-corrected chi connectivity index (χ4v) is 2.03. The molecule has 9 heteroatoms. The van der Waals surface area contributed by atoms with E-state index in [0.717, 1.165) is 12.3 Å². The van der Waals surface area contributed by atoms with Crippen LogP contribution < -0.4 is 10.2 Å². The molecule has 2 rings (SSSR count). The maximum Gasteiger partial charge on any atom is 0.328 e. The first kappa shape index (κ1) is 15.7. The van der Waals surface area contributed by atoms with Crippen LogP contribution in [0.25, 0.3) is 0 Å². The molecule has 1 amide bonds. The highest BCUT2D eigenvalue weighted by molar-refractivity contribution is 7.85. The van der Waals surface area contributed by atoms with Crippen molar-refractivity contribution in [1.82, 2.24) is 5.43 Å². The lowest BCUT2D eigenvalue weighted by atomic mass is 10.2. The standard InChI is InChI=1S/C13H12N2O6S/c1-20-11-5-3-2-4-10(11)13(16)15-14-8-9-6-7-12(21-9)22(17,18)19/h2-8H,1H3,(H,15,16)(H,17,18,19)/b14-8+. The maximum absolute atomic E-state index is 11.9. The molecule has 0 atom stereocenters. The predicted molar refractivity (Wildman–Crippen MR) is 76.6 cm³/mol. The van der Waals surface area contributed by atoms with Crippen molar-refractivity contribution in [3.8, 4) is 5.75 Å². The minimum absolute atomic E-state index is 0.0490. The van der Waals surface area contributed by atoms with E-state index in [1.54, 1.807) is 24.3 Å². The van der Waals surface area contributed by atoms with Crippen LogP contribution in [0.5, 0.6) is 5.75 Å². The Labute approximate surface area is 126 Å². The van der Waals surface area contributed by atoms with Crippen molar-refractivity contribution in [3.05, 3.63) is 47.7 Å². The van der Waals surface area contributed by atoms with E-state index < -0.39 is 21.1 Å². The van der Waals surface area contributed by atoms with Crippen LogP contribution in [0.15, 0.2) is 51.0 Å². The highest BCUT2D eigenvalue weighted by Crippen LogP contribution is 2.16. The van der Waals surface area contributed by atoms with E-state index in [4.69, 9.17) is 13.7 Å². The molecule has 22 heavy (non-hydrogen) atoms. The van der Waals surface area contributed by atoms with Gasteiger partial charge in [0, 0.05) is 0 Å². The third-order valence-electron chi connectivity index (χ3n) is 2.57. The Kier molecular flexibility index (Phi) is 4.59. The van der Waals surface area contributed by atoms with Crippen molar-refractivity contribution in [2.24, 2.45) is 5.10 Å². The highest BCUT2D eigenvalue weighted by atomic mass is 32.2. The van der Waals surface area contributed by atoms with Crippen LogP contribution in [0, 0.1) is 0 Å². The van der Waals surface area contributed by atoms with Crippen LogP contribution in [-0.4, -0.2) is 32.2 Å². The van der Waals surface area contributed by atoms with Crippen LogP contribution in [0.2, 0.25) is 0 Å². The molecule has 0 aliphatic heterocycles. The number of hydrogen-bond acceptors (Lipinski definition) is 6. The van der Waals surface area contributed by atoms with Crippen LogP contribution in [-0.2, 0) is 10.1 Å². The monoisotopic (exact) mass is 324 g/mol. The average Bonchev–Trinajstić information content (AvgIpc) is 2.96. The van der Waals surface area contributed by atoms with Gasteiger partial charge in [0.1, 0.15) is 11.5 Å². The molecule has 1 aromatic carbocycles. The molecule has 8 nitrogen and oxygen atoms in total. The summed E-state index contributed by atoms with van der Waals surface area (Å²) in [5.41, 5.74) is 2.54. The highest BCUT2D eigenvalue weighted by Gasteiger charge is 2.14. The zero-order chi connectivity index (χ0) is 16.2. The van der Waals surface area contributed by atoms with E-state index in [2.05, 4.69) is 10.5 Å². The Hall–Kier alpha value is -2.65. The summed E-state index contributed by atoms with van der Waals surface area (Å²) in [7, 11) is -2.97. The Bertz CT molecular complexity index is 809. The summed E-state index contributed by atoms with van der Waals surface area (Å²) in [5.74, 6) is -0.0648. The van der Waals surface area contributed by atoms with Gasteiger partial charge in [0.25, 0.3) is 5.91 Å². The zero-order valence-corrected chi connectivity index (χ0v) is 12.2. The van der Waals surface area contributed by atoms with E-state index in [0.29, 0.717) is 11.3 Å². The van der Waals surface area contributed by atoms with Crippen LogP contribution >= 0.6 is 0 Å². The number of carbonyl (C=O) groups excluding carboxylic acids is 1. The fourth-order valence-electron chi connectivity index (χ4n) is 1.59. The number of benzene rings is 1. The number of furan rings is 1. The summed E-state index contributed by atoms with van der Waals surface area (Å²) in [6.07, 6.45) is 1.10. The lowest BCUT2D eigenvalue weighted by Crippen LogP contribution is -2.18. The van der Waals surface area contributed by atoms with Gasteiger partial charge >= 0.3 is 10.1 Å². The molecule has 0 fully saturated rings. The van der Waals surface area contributed by atoms with Crippen molar-refractivity contribution >= 4 is 22.2 Å². The summed E-state index contributed by atoms with van der Waals surface area (Å²) < 4.78 is 40.3. The van der Waals surface area contributed by atoms with Crippen molar-refractivity contribution < 1.29 is 26.9 Å². The Morgan fingerprint density at radius 2 is 2.05 bits per heavy atom. The van der Waals surface area contributed by atoms with Gasteiger partial charge in [0.2, 0.25) is 5.09 Å². The Balaban J connectivity index is 2.06. The number of nitrogens with one attached hydrogen (secondary N) is 1. The van der Waals surface area contributed by atoms with E-state index >= 15 is 0 Å². The maximum atomic E-state index is 11.9. The minimum Gasteiger partial charge on any atom is -0.496 e. The van der Waals surface area contributed by atoms with Gasteiger partial charge < -0.3 is 9.15 Å². The molecule has 1 aromatic heterocycles. The molecule has 0 saturated heterocycles. The van der Waals surface area contributed by atoms with E-state index in [1.165, 1.54) is 13.2 Å². The molecule has 2 aromatic rings. The minimum atomic E-state index is -4.41. The quantitative estimate of drug-likeness (QED) is 0.486. The van der Waals surface area contributed by atoms with Crippen molar-refractivity contribution in [3.63, 3.8) is 0 Å². The predicted octanol–water partition coefficient (Wildman–Crippen LogP) is 1.30. The summed E-state index contributed by atoms with van der Waals surface area (Å²) in [6.45, 7) is 0. The smallest absolute Gasteiger partial charge is 0.328 e. The summed E-state index contributed by atoms with van der Waals surface area (Å²) in [4.78, 5) is 11.9. The summed E-state index contributed by atoms with van der Waals surface area (Å²) >= 11 is 0. The molecule has 0 aliphatic carbocycles. The first-order valence-corrected chi connectivity index (χ1v) is 7.39. The molecule has 0 spiro atoms. The first-order valence-electron chi connectivity index (χ1n) is 5.95. The van der Waals surface area contributed by atoms with Gasteiger partial charge in [0.15, 0.2) is 0 Å². The molecule has 2 N–H and O–H groups in total. The normalized spacial score (nSPS) is 11.5. The second kappa shape index (κ2) is 6.41. The number of nitrogens with zero attached hydrogens (tertiary/aromatic N) is 1. The van der Waals surface area contributed by atoms with Gasteiger partial charge in [-0.15, -0.1) is 0 Å². The number of para-hydroxylation sites is 1. The lowest BCUT2D eigenvalue weighted by Gasteiger charge is -2.05. The SMILES string of the molecule is COc1ccccc1C(=O)N/N=C/c1ccc(S(=O)(=O)O)o1. The molecule has 0 aliphatic rings. The number of amides is 1. The van der Waals surface area contributed by atoms with E-state index in [-0.39, 0.29) is 5.76 Å². The molecular weight excluding hydrogens is 312 g/mol. The van der Waals surface area contributed by atoms with Crippen molar-refractivity contribution in [1.29, 1.82) is 0 Å². The Morgan fingerprint density at radius 1 is 1.32 bits per heavy atom. The third kappa shape index (κ3) is 3.71. The lowest BCUT2D eigenvalue weighted by molar-refractivity contribution is 0.0952. The zero-order valence-electron chi connectivity index (χ0n) is 11.4. The first-order chi connectivity index (χ1) is 10.4. The van der Waals surface area contributed by atoms with E-state index in [1.807, 2.05) is 0 Å². The molecular formula is C13H12N2O6S. The van der Waals surface area contributed by atoms with Gasteiger partial charge in [-0.2, -0.15) is 13.5 Å². The summed E-state index contributed by atoms with van der Waals surface area (Å²) in [6, 6.07) is 8.93. The van der Waals surface area contributed by atoms with Crippen LogP contribution in [0.1, 0.15) is 16.1 Å². The number of hydrazone groups is 1. The van der Waals surface area contributed by atoms with E-state index in [9.17, 15) is 13.2 Å². The van der Waals surface area contributed by atoms with Gasteiger partial charge in [-0.05, 0) is 24.3 Å². The number of carbonyl (C=O) groups is 1. The third-order valence-corrected chi connectivity index (χ3v) is 3.29. The van der Waals surface area contributed by atoms with Crippen molar-refractivity contribution in [2.45, 2.75) is 5.09 Å². The fraction of sp³-hybridized carbons (Fsp3) is 0.0769. The number of hydrogen-bond donors (Lipinski definition) is 2. The molecule has 0 saturated carbocycles. The van der Waals surface area contributed by atoms with Gasteiger partial charge in [-0.3, -0.25) is 9.35 Å². The molecule has 0 unspecified atom stereocenters. The van der Waals surface area contributed by atoms with Crippen LogP contribution in [0.3, 0.4) is 0 Å². The largest absolute Gasteiger partial charge is 0.496 e. The number of rotatable bonds is 5. The average molecular weight is 324 g/mol. The number of ether oxygens (including phenoxy) is 1. The number of methoxy groups -OCH3 is 1. The second-order valence-corrected chi connectivity index (χ2v) is 5.38. The van der Waals surface area contributed by atoms with Gasteiger partial charge in [0.05, 0.1) is 18.9 Å². The second-order valence-electron chi connectivity index (χ2n) is 4.03. The molecule has 0 radical (unpaired) electrons. The molecule has 0 bridgehead atoms. The van der Waals surface area contributed by atoms with Crippen LogP contribution in [0.4, 0.5) is 0 Å². The molecule has 116 valence electrons. The molecule has 1 heterocycles. The topological polar surface area (TPSA) is 118 Å². The van der Waals surface area contributed by atoms with Gasteiger partial charge in [-0.25, -0.2) is 5.43 Å². The summed E-state index contributed by atoms with van der Waals surface area (Å²) in [5, 5.41) is 3.03. The van der Waals surface area contributed by atoms with Gasteiger partial charge in [-0.1, -0.05) is 12.1 Å². The van der Waals surface area contributed by atoms with Crippen molar-refractivity contribution in [2.75, 3.05) is 7.11 Å².